The number of hydrogen-bond acceptors (Lipinski definition) is 4. The Labute approximate surface area is 166 Å². The Morgan fingerprint density at radius 3 is 2.43 bits per heavy atom. The molecule has 1 aliphatic rings. The molecule has 1 aliphatic carbocycles. The standard InChI is InChI=1S/C21H26N2O4S/c1-15-7-9-16(10-8-15)14-22-21(24)17-11-12-19(27-2)20(13-17)28(25,26)23-18-5-3-4-6-18/h7-13,18,23H,3-6,14H2,1-2H3,(H,22,24). The first-order chi connectivity index (χ1) is 13.4. The van der Waals surface area contributed by atoms with Crippen LogP contribution in [0.15, 0.2) is 47.4 Å². The molecule has 1 fully saturated rings. The maximum Gasteiger partial charge on any atom is 0.251 e. The topological polar surface area (TPSA) is 84.5 Å². The van der Waals surface area contributed by atoms with Crippen LogP contribution in [0.25, 0.3) is 0 Å². The van der Waals surface area contributed by atoms with E-state index in [2.05, 4.69) is 10.0 Å². The van der Waals surface area contributed by atoms with Gasteiger partial charge in [-0.3, -0.25) is 4.79 Å². The Hall–Kier alpha value is -2.38. The summed E-state index contributed by atoms with van der Waals surface area (Å²) in [7, 11) is -2.35. The monoisotopic (exact) mass is 402 g/mol. The lowest BCUT2D eigenvalue weighted by Crippen LogP contribution is -2.33. The third kappa shape index (κ3) is 4.91. The highest BCUT2D eigenvalue weighted by Crippen LogP contribution is 2.27. The number of methoxy groups -OCH3 is 1. The molecule has 0 atom stereocenters. The molecule has 150 valence electrons. The van der Waals surface area contributed by atoms with Gasteiger partial charge < -0.3 is 10.1 Å². The lowest BCUT2D eigenvalue weighted by atomic mass is 10.1. The zero-order chi connectivity index (χ0) is 20.1. The summed E-state index contributed by atoms with van der Waals surface area (Å²) in [5.74, 6) is -0.110. The van der Waals surface area contributed by atoms with Crippen LogP contribution in [0.1, 0.15) is 47.2 Å². The minimum absolute atomic E-state index is 0.00936. The second-order valence-corrected chi connectivity index (χ2v) is 8.82. The number of sulfonamides is 1. The third-order valence-electron chi connectivity index (χ3n) is 4.97. The molecule has 1 amide bonds. The van der Waals surface area contributed by atoms with Crippen LogP contribution in [0, 0.1) is 6.92 Å². The Morgan fingerprint density at radius 2 is 1.79 bits per heavy atom. The van der Waals surface area contributed by atoms with Gasteiger partial charge in [0.1, 0.15) is 10.6 Å². The van der Waals surface area contributed by atoms with E-state index in [4.69, 9.17) is 4.74 Å². The molecular weight excluding hydrogens is 376 g/mol. The van der Waals surface area contributed by atoms with Gasteiger partial charge >= 0.3 is 0 Å². The van der Waals surface area contributed by atoms with E-state index < -0.39 is 10.0 Å². The summed E-state index contributed by atoms with van der Waals surface area (Å²) in [5, 5.41) is 2.83. The van der Waals surface area contributed by atoms with Crippen LogP contribution in [0.3, 0.4) is 0 Å². The number of rotatable bonds is 7. The molecule has 2 aromatic rings. The summed E-state index contributed by atoms with van der Waals surface area (Å²) < 4.78 is 33.6. The van der Waals surface area contributed by atoms with E-state index in [9.17, 15) is 13.2 Å². The second kappa shape index (κ2) is 8.75. The van der Waals surface area contributed by atoms with Crippen molar-refractivity contribution in [2.75, 3.05) is 7.11 Å². The highest BCUT2D eigenvalue weighted by Gasteiger charge is 2.26. The van der Waals surface area contributed by atoms with Gasteiger partial charge in [-0.2, -0.15) is 0 Å². The summed E-state index contributed by atoms with van der Waals surface area (Å²) in [6, 6.07) is 12.3. The lowest BCUT2D eigenvalue weighted by molar-refractivity contribution is 0.0950. The molecular formula is C21H26N2O4S. The number of carbonyl (C=O) groups excluding carboxylic acids is 1. The molecule has 7 heteroatoms. The normalized spacial score (nSPS) is 14.8. The van der Waals surface area contributed by atoms with Crippen molar-refractivity contribution < 1.29 is 17.9 Å². The Bertz CT molecular complexity index is 933. The van der Waals surface area contributed by atoms with Crippen molar-refractivity contribution in [3.63, 3.8) is 0 Å². The van der Waals surface area contributed by atoms with Crippen LogP contribution in [-0.2, 0) is 16.6 Å². The van der Waals surface area contributed by atoms with E-state index in [1.807, 2.05) is 31.2 Å². The molecule has 0 bridgehead atoms. The summed E-state index contributed by atoms with van der Waals surface area (Å²) in [4.78, 5) is 12.5. The largest absolute Gasteiger partial charge is 0.495 e. The molecule has 3 rings (SSSR count). The second-order valence-electron chi connectivity index (χ2n) is 7.14. The summed E-state index contributed by atoms with van der Waals surface area (Å²) in [6.45, 7) is 2.37. The van der Waals surface area contributed by atoms with E-state index >= 15 is 0 Å². The molecule has 0 heterocycles. The van der Waals surface area contributed by atoms with Gasteiger partial charge in [-0.1, -0.05) is 42.7 Å². The van der Waals surface area contributed by atoms with Gasteiger partial charge in [0.05, 0.1) is 7.11 Å². The SMILES string of the molecule is COc1ccc(C(=O)NCc2ccc(C)cc2)cc1S(=O)(=O)NC1CCCC1. The number of carbonyl (C=O) groups is 1. The summed E-state index contributed by atoms with van der Waals surface area (Å²) >= 11 is 0. The number of ether oxygens (including phenoxy) is 1. The van der Waals surface area contributed by atoms with Crippen molar-refractivity contribution in [1.82, 2.24) is 10.0 Å². The fraction of sp³-hybridized carbons (Fsp3) is 0.381. The first-order valence-corrected chi connectivity index (χ1v) is 10.9. The number of amides is 1. The molecule has 2 N–H and O–H groups in total. The Balaban J connectivity index is 1.77. The predicted octanol–water partition coefficient (Wildman–Crippen LogP) is 3.15. The van der Waals surface area contributed by atoms with Crippen LogP contribution in [-0.4, -0.2) is 27.5 Å². The molecule has 0 unspecified atom stereocenters. The molecule has 6 nitrogen and oxygen atoms in total. The zero-order valence-corrected chi connectivity index (χ0v) is 17.0. The van der Waals surface area contributed by atoms with Crippen molar-refractivity contribution in [3.05, 3.63) is 59.2 Å². The van der Waals surface area contributed by atoms with E-state index in [-0.39, 0.29) is 28.2 Å². The van der Waals surface area contributed by atoms with Crippen LogP contribution in [0.2, 0.25) is 0 Å². The van der Waals surface area contributed by atoms with Crippen LogP contribution in [0.5, 0.6) is 5.75 Å². The Morgan fingerprint density at radius 1 is 1.11 bits per heavy atom. The maximum absolute atomic E-state index is 12.8. The first kappa shape index (κ1) is 20.4. The van der Waals surface area contributed by atoms with Crippen LogP contribution >= 0.6 is 0 Å². The molecule has 0 saturated heterocycles. The highest BCUT2D eigenvalue weighted by atomic mass is 32.2. The average molecular weight is 403 g/mol. The molecule has 0 aliphatic heterocycles. The Kier molecular flexibility index (Phi) is 6.36. The lowest BCUT2D eigenvalue weighted by Gasteiger charge is -2.16. The van der Waals surface area contributed by atoms with Crippen molar-refractivity contribution in [1.29, 1.82) is 0 Å². The smallest absolute Gasteiger partial charge is 0.251 e. The van der Waals surface area contributed by atoms with E-state index in [1.54, 1.807) is 6.07 Å². The molecule has 0 spiro atoms. The maximum atomic E-state index is 12.8. The fourth-order valence-electron chi connectivity index (χ4n) is 3.34. The van der Waals surface area contributed by atoms with Gasteiger partial charge in [-0.25, -0.2) is 13.1 Å². The molecule has 2 aromatic carbocycles. The van der Waals surface area contributed by atoms with Gasteiger partial charge in [0, 0.05) is 18.2 Å². The van der Waals surface area contributed by atoms with E-state index in [0.29, 0.717) is 6.54 Å². The zero-order valence-electron chi connectivity index (χ0n) is 16.2. The van der Waals surface area contributed by atoms with Gasteiger partial charge in [-0.15, -0.1) is 0 Å². The molecule has 0 radical (unpaired) electrons. The van der Waals surface area contributed by atoms with Gasteiger partial charge in [0.2, 0.25) is 10.0 Å². The highest BCUT2D eigenvalue weighted by molar-refractivity contribution is 7.89. The quantitative estimate of drug-likeness (QED) is 0.745. The van der Waals surface area contributed by atoms with E-state index in [1.165, 1.54) is 19.2 Å². The van der Waals surface area contributed by atoms with Crippen molar-refractivity contribution in [2.45, 2.75) is 50.1 Å². The number of hydrogen-bond donors (Lipinski definition) is 2. The fourth-order valence-corrected chi connectivity index (χ4v) is 4.84. The number of aryl methyl sites for hydroxylation is 1. The first-order valence-electron chi connectivity index (χ1n) is 9.43. The van der Waals surface area contributed by atoms with Crippen LogP contribution in [0.4, 0.5) is 0 Å². The van der Waals surface area contributed by atoms with Gasteiger partial charge in [-0.05, 0) is 43.5 Å². The van der Waals surface area contributed by atoms with Crippen LogP contribution < -0.4 is 14.8 Å². The van der Waals surface area contributed by atoms with Gasteiger partial charge in [0.25, 0.3) is 5.91 Å². The summed E-state index contributed by atoms with van der Waals surface area (Å²) in [6.07, 6.45) is 3.70. The molecule has 0 aromatic heterocycles. The summed E-state index contributed by atoms with van der Waals surface area (Å²) in [5.41, 5.74) is 2.40. The van der Waals surface area contributed by atoms with Crippen molar-refractivity contribution in [2.24, 2.45) is 0 Å². The minimum atomic E-state index is -3.77. The van der Waals surface area contributed by atoms with Gasteiger partial charge in [0.15, 0.2) is 0 Å². The molecule has 28 heavy (non-hydrogen) atoms. The molecule has 1 saturated carbocycles. The number of nitrogens with one attached hydrogen (secondary N) is 2. The number of benzene rings is 2. The third-order valence-corrected chi connectivity index (χ3v) is 6.51. The predicted molar refractivity (Wildman–Crippen MR) is 108 cm³/mol. The van der Waals surface area contributed by atoms with Crippen molar-refractivity contribution >= 4 is 15.9 Å². The van der Waals surface area contributed by atoms with Crippen molar-refractivity contribution in [3.8, 4) is 5.75 Å². The van der Waals surface area contributed by atoms with E-state index in [0.717, 1.165) is 36.8 Å². The average Bonchev–Trinajstić information content (AvgIpc) is 3.19. The minimum Gasteiger partial charge on any atom is -0.495 e.